The van der Waals surface area contributed by atoms with E-state index in [1.165, 1.54) is 5.56 Å². The molecule has 0 bridgehead atoms. The van der Waals surface area contributed by atoms with Gasteiger partial charge in [0.05, 0.1) is 17.0 Å². The van der Waals surface area contributed by atoms with Crippen LogP contribution >= 0.6 is 11.6 Å². The fraction of sp³-hybridized carbons (Fsp3) is 0.118. The second-order valence-electron chi connectivity index (χ2n) is 4.97. The number of anilines is 1. The van der Waals surface area contributed by atoms with Crippen molar-refractivity contribution >= 4 is 17.3 Å². The van der Waals surface area contributed by atoms with Gasteiger partial charge in [-0.3, -0.25) is 0 Å². The van der Waals surface area contributed by atoms with Crippen LogP contribution in [0.1, 0.15) is 11.1 Å². The third-order valence-corrected chi connectivity index (χ3v) is 3.66. The number of halogens is 1. The number of rotatable bonds is 4. The molecule has 3 aromatic rings. The van der Waals surface area contributed by atoms with Gasteiger partial charge in [-0.2, -0.15) is 0 Å². The van der Waals surface area contributed by atoms with Crippen LogP contribution in [0.25, 0.3) is 5.69 Å². The van der Waals surface area contributed by atoms with E-state index in [0.29, 0.717) is 0 Å². The number of benzene rings is 2. The van der Waals surface area contributed by atoms with Crippen molar-refractivity contribution in [1.29, 1.82) is 0 Å². The molecule has 0 saturated heterocycles. The van der Waals surface area contributed by atoms with Crippen molar-refractivity contribution in [2.75, 3.05) is 5.32 Å². The molecule has 0 spiro atoms. The average molecular weight is 298 g/mol. The number of imidazole rings is 1. The van der Waals surface area contributed by atoms with Crippen LogP contribution in [-0.4, -0.2) is 9.55 Å². The molecule has 0 saturated carbocycles. The van der Waals surface area contributed by atoms with Crippen LogP contribution in [0.4, 0.5) is 5.69 Å². The van der Waals surface area contributed by atoms with Crippen LogP contribution in [0.3, 0.4) is 0 Å². The van der Waals surface area contributed by atoms with Gasteiger partial charge < -0.3 is 9.88 Å². The molecule has 106 valence electrons. The maximum atomic E-state index is 6.22. The van der Waals surface area contributed by atoms with Crippen LogP contribution in [-0.2, 0) is 6.54 Å². The lowest BCUT2D eigenvalue weighted by molar-refractivity contribution is 1.05. The molecule has 0 amide bonds. The molecular formula is C17H16ClN3. The predicted molar refractivity (Wildman–Crippen MR) is 87.1 cm³/mol. The first-order valence-corrected chi connectivity index (χ1v) is 7.17. The zero-order valence-corrected chi connectivity index (χ0v) is 12.5. The van der Waals surface area contributed by atoms with Gasteiger partial charge in [0.1, 0.15) is 0 Å². The van der Waals surface area contributed by atoms with E-state index in [1.807, 2.05) is 29.8 Å². The standard InChI is InChI=1S/C17H16ClN3/c1-13-2-7-17(16(18)10-13)20-11-14-3-5-15(6-4-14)21-9-8-19-12-21/h2-10,12,20H,11H2,1H3. The lowest BCUT2D eigenvalue weighted by atomic mass is 10.2. The fourth-order valence-electron chi connectivity index (χ4n) is 2.16. The molecule has 0 aliphatic rings. The van der Waals surface area contributed by atoms with Crippen molar-refractivity contribution < 1.29 is 0 Å². The topological polar surface area (TPSA) is 29.9 Å². The summed E-state index contributed by atoms with van der Waals surface area (Å²) in [7, 11) is 0. The number of hydrogen-bond donors (Lipinski definition) is 1. The molecule has 0 fully saturated rings. The van der Waals surface area contributed by atoms with E-state index >= 15 is 0 Å². The van der Waals surface area contributed by atoms with Crippen molar-refractivity contribution in [2.45, 2.75) is 13.5 Å². The Morgan fingerprint density at radius 2 is 1.95 bits per heavy atom. The van der Waals surface area contributed by atoms with Gasteiger partial charge in [0.15, 0.2) is 0 Å². The number of nitrogens with one attached hydrogen (secondary N) is 1. The van der Waals surface area contributed by atoms with Crippen molar-refractivity contribution in [3.63, 3.8) is 0 Å². The number of aromatic nitrogens is 2. The van der Waals surface area contributed by atoms with E-state index < -0.39 is 0 Å². The van der Waals surface area contributed by atoms with Crippen LogP contribution < -0.4 is 5.32 Å². The monoisotopic (exact) mass is 297 g/mol. The smallest absolute Gasteiger partial charge is 0.0991 e. The van der Waals surface area contributed by atoms with Crippen molar-refractivity contribution in [3.05, 3.63) is 77.3 Å². The highest BCUT2D eigenvalue weighted by atomic mass is 35.5. The summed E-state index contributed by atoms with van der Waals surface area (Å²) < 4.78 is 1.98. The third-order valence-electron chi connectivity index (χ3n) is 3.35. The van der Waals surface area contributed by atoms with E-state index in [4.69, 9.17) is 11.6 Å². The molecule has 1 aromatic heterocycles. The average Bonchev–Trinajstić information content (AvgIpc) is 3.01. The molecule has 2 aromatic carbocycles. The van der Waals surface area contributed by atoms with Crippen molar-refractivity contribution in [2.24, 2.45) is 0 Å². The Balaban J connectivity index is 1.68. The molecule has 0 aliphatic carbocycles. The van der Waals surface area contributed by atoms with Gasteiger partial charge in [-0.15, -0.1) is 0 Å². The zero-order chi connectivity index (χ0) is 14.7. The molecule has 3 rings (SSSR count). The molecule has 0 unspecified atom stereocenters. The second-order valence-corrected chi connectivity index (χ2v) is 5.38. The first-order chi connectivity index (χ1) is 10.2. The Morgan fingerprint density at radius 3 is 2.62 bits per heavy atom. The highest BCUT2D eigenvalue weighted by Gasteiger charge is 2.01. The number of nitrogens with zero attached hydrogens (tertiary/aromatic N) is 2. The van der Waals surface area contributed by atoms with E-state index in [-0.39, 0.29) is 0 Å². The summed E-state index contributed by atoms with van der Waals surface area (Å²) in [6.45, 7) is 2.78. The number of aryl methyl sites for hydroxylation is 1. The minimum Gasteiger partial charge on any atom is -0.380 e. The summed E-state index contributed by atoms with van der Waals surface area (Å²) in [5.41, 5.74) is 4.43. The Kier molecular flexibility index (Phi) is 3.93. The highest BCUT2D eigenvalue weighted by Crippen LogP contribution is 2.23. The molecule has 0 aliphatic heterocycles. The first kappa shape index (κ1) is 13.7. The van der Waals surface area contributed by atoms with E-state index in [9.17, 15) is 0 Å². The van der Waals surface area contributed by atoms with Gasteiger partial charge in [-0.1, -0.05) is 29.8 Å². The van der Waals surface area contributed by atoms with Crippen LogP contribution in [0.2, 0.25) is 5.02 Å². The van der Waals surface area contributed by atoms with E-state index in [0.717, 1.165) is 28.5 Å². The predicted octanol–water partition coefficient (Wildman–Crippen LogP) is 4.45. The van der Waals surface area contributed by atoms with Crippen LogP contribution in [0, 0.1) is 6.92 Å². The molecular weight excluding hydrogens is 282 g/mol. The SMILES string of the molecule is Cc1ccc(NCc2ccc(-n3ccnc3)cc2)c(Cl)c1. The summed E-state index contributed by atoms with van der Waals surface area (Å²) in [6.07, 6.45) is 5.49. The van der Waals surface area contributed by atoms with E-state index in [1.54, 1.807) is 12.5 Å². The molecule has 1 heterocycles. The Labute approximate surface area is 129 Å². The highest BCUT2D eigenvalue weighted by molar-refractivity contribution is 6.33. The summed E-state index contributed by atoms with van der Waals surface area (Å²) >= 11 is 6.22. The molecule has 1 N–H and O–H groups in total. The van der Waals surface area contributed by atoms with Crippen molar-refractivity contribution in [1.82, 2.24) is 9.55 Å². The lowest BCUT2D eigenvalue weighted by Crippen LogP contribution is -2.00. The normalized spacial score (nSPS) is 10.6. The fourth-order valence-corrected chi connectivity index (χ4v) is 2.46. The van der Waals surface area contributed by atoms with Gasteiger partial charge in [0, 0.05) is 24.6 Å². The van der Waals surface area contributed by atoms with Gasteiger partial charge in [-0.05, 0) is 42.3 Å². The Hall–Kier alpha value is -2.26. The van der Waals surface area contributed by atoms with E-state index in [2.05, 4.69) is 40.6 Å². The molecule has 21 heavy (non-hydrogen) atoms. The Bertz CT molecular complexity index is 718. The number of hydrogen-bond acceptors (Lipinski definition) is 2. The maximum Gasteiger partial charge on any atom is 0.0991 e. The molecule has 3 nitrogen and oxygen atoms in total. The summed E-state index contributed by atoms with van der Waals surface area (Å²) in [6, 6.07) is 14.4. The molecule has 0 radical (unpaired) electrons. The maximum absolute atomic E-state index is 6.22. The summed E-state index contributed by atoms with van der Waals surface area (Å²) in [5, 5.41) is 4.11. The third kappa shape index (κ3) is 3.26. The lowest BCUT2D eigenvalue weighted by Gasteiger charge is -2.10. The van der Waals surface area contributed by atoms with Gasteiger partial charge in [0.25, 0.3) is 0 Å². The van der Waals surface area contributed by atoms with Gasteiger partial charge in [-0.25, -0.2) is 4.98 Å². The minimum atomic E-state index is 0.743. The minimum absolute atomic E-state index is 0.743. The summed E-state index contributed by atoms with van der Waals surface area (Å²) in [4.78, 5) is 4.05. The molecule has 0 atom stereocenters. The molecule has 4 heteroatoms. The van der Waals surface area contributed by atoms with Crippen LogP contribution in [0.5, 0.6) is 0 Å². The summed E-state index contributed by atoms with van der Waals surface area (Å²) in [5.74, 6) is 0. The second kappa shape index (κ2) is 6.02. The largest absolute Gasteiger partial charge is 0.380 e. The Morgan fingerprint density at radius 1 is 1.14 bits per heavy atom. The quantitative estimate of drug-likeness (QED) is 0.771. The zero-order valence-electron chi connectivity index (χ0n) is 11.8. The van der Waals surface area contributed by atoms with Gasteiger partial charge >= 0.3 is 0 Å². The van der Waals surface area contributed by atoms with Crippen LogP contribution in [0.15, 0.2) is 61.2 Å². The van der Waals surface area contributed by atoms with Crippen molar-refractivity contribution in [3.8, 4) is 5.69 Å². The first-order valence-electron chi connectivity index (χ1n) is 6.80. The van der Waals surface area contributed by atoms with Gasteiger partial charge in [0.2, 0.25) is 0 Å².